The number of nitrogen functional groups attached to an aromatic ring is 1. The van der Waals surface area contributed by atoms with E-state index in [1.165, 1.54) is 18.5 Å². The second-order valence-corrected chi connectivity index (χ2v) is 6.82. The lowest BCUT2D eigenvalue weighted by Gasteiger charge is -2.10. The van der Waals surface area contributed by atoms with Crippen molar-refractivity contribution in [3.05, 3.63) is 65.7 Å². The molecule has 4 rings (SSSR count). The molecule has 152 valence electrons. The molecule has 8 nitrogen and oxygen atoms in total. The summed E-state index contributed by atoms with van der Waals surface area (Å²) in [6.07, 6.45) is 2.05. The zero-order chi connectivity index (χ0) is 21.1. The van der Waals surface area contributed by atoms with Crippen LogP contribution in [0, 0.1) is 12.7 Å². The fourth-order valence-electron chi connectivity index (χ4n) is 3.12. The highest BCUT2D eigenvalue weighted by Gasteiger charge is 2.16. The van der Waals surface area contributed by atoms with Gasteiger partial charge in [-0.1, -0.05) is 12.1 Å². The smallest absolute Gasteiger partial charge is 0.323 e. The number of carbonyl (C=O) groups excluding carboxylic acids is 1. The van der Waals surface area contributed by atoms with Crippen LogP contribution in [0.3, 0.4) is 0 Å². The number of urea groups is 1. The molecule has 1 aliphatic heterocycles. The summed E-state index contributed by atoms with van der Waals surface area (Å²) < 4.78 is 13.4. The number of nitrogens with zero attached hydrogens (tertiary/aromatic N) is 3. The summed E-state index contributed by atoms with van der Waals surface area (Å²) in [5, 5.41) is 8.68. The van der Waals surface area contributed by atoms with E-state index in [9.17, 15) is 9.18 Å². The number of fused-ring (bicyclic) bond motifs is 1. The van der Waals surface area contributed by atoms with Crippen LogP contribution in [0.1, 0.15) is 17.5 Å². The van der Waals surface area contributed by atoms with Crippen LogP contribution in [0.15, 0.2) is 53.8 Å². The molecule has 2 aromatic carbocycles. The first-order valence-corrected chi connectivity index (χ1v) is 9.36. The van der Waals surface area contributed by atoms with Crippen molar-refractivity contribution in [2.45, 2.75) is 13.3 Å². The Morgan fingerprint density at radius 3 is 2.73 bits per heavy atom. The minimum atomic E-state index is -0.425. The molecule has 3 aromatic rings. The molecule has 0 saturated carbocycles. The van der Waals surface area contributed by atoms with E-state index in [-0.39, 0.29) is 5.82 Å². The van der Waals surface area contributed by atoms with Crippen LogP contribution in [-0.4, -0.2) is 28.3 Å². The number of aryl methyl sites for hydroxylation is 1. The van der Waals surface area contributed by atoms with Crippen molar-refractivity contribution in [3.63, 3.8) is 0 Å². The fourth-order valence-corrected chi connectivity index (χ4v) is 3.12. The maximum absolute atomic E-state index is 13.4. The van der Waals surface area contributed by atoms with Gasteiger partial charge in [-0.05, 0) is 48.4 Å². The number of aromatic nitrogens is 2. The van der Waals surface area contributed by atoms with Crippen molar-refractivity contribution in [1.82, 2.24) is 9.97 Å². The Bertz CT molecular complexity index is 1150. The first-order chi connectivity index (χ1) is 14.5. The van der Waals surface area contributed by atoms with E-state index in [4.69, 9.17) is 5.73 Å². The molecule has 30 heavy (non-hydrogen) atoms. The summed E-state index contributed by atoms with van der Waals surface area (Å²) >= 11 is 0. The molecule has 5 N–H and O–H groups in total. The number of carbonyl (C=O) groups is 1. The largest absolute Gasteiger partial charge is 0.382 e. The molecule has 0 saturated heterocycles. The van der Waals surface area contributed by atoms with Gasteiger partial charge in [-0.2, -0.15) is 0 Å². The molecule has 0 atom stereocenters. The van der Waals surface area contributed by atoms with E-state index >= 15 is 0 Å². The van der Waals surface area contributed by atoms with E-state index in [1.807, 2.05) is 18.2 Å². The average Bonchev–Trinajstić information content (AvgIpc) is 2.95. The standard InChI is InChI=1S/C21H20FN7O/c1-12-9-15(5-6-16(12)22)28-21(30)27-14-4-2-3-13(10-14)17-7-8-24-20-18(29-17)19(23)25-11-26-20/h2-6,9-11H,7-8H2,1H3,(H2,27,28,30)(H3,23,24,25,26). The number of hydrogen-bond donors (Lipinski definition) is 4. The number of nitrogens with one attached hydrogen (secondary N) is 3. The fraction of sp³-hybridized carbons (Fsp3) is 0.143. The predicted molar refractivity (Wildman–Crippen MR) is 116 cm³/mol. The summed E-state index contributed by atoms with van der Waals surface area (Å²) in [7, 11) is 0. The molecule has 0 fully saturated rings. The molecule has 0 spiro atoms. The van der Waals surface area contributed by atoms with Gasteiger partial charge >= 0.3 is 6.03 Å². The van der Waals surface area contributed by atoms with Gasteiger partial charge in [0.1, 0.15) is 17.8 Å². The number of aliphatic imine (C=N–C) groups is 1. The second-order valence-electron chi connectivity index (χ2n) is 6.82. The minimum Gasteiger partial charge on any atom is -0.382 e. The molecule has 0 aliphatic carbocycles. The van der Waals surface area contributed by atoms with Gasteiger partial charge in [-0.25, -0.2) is 24.1 Å². The first kappa shape index (κ1) is 19.3. The van der Waals surface area contributed by atoms with Crippen LogP contribution in [0.4, 0.5) is 37.9 Å². The predicted octanol–water partition coefficient (Wildman–Crippen LogP) is 4.09. The van der Waals surface area contributed by atoms with Crippen LogP contribution in [-0.2, 0) is 0 Å². The molecular formula is C21H20FN7O. The maximum Gasteiger partial charge on any atom is 0.323 e. The molecular weight excluding hydrogens is 385 g/mol. The summed E-state index contributed by atoms with van der Waals surface area (Å²) in [5.74, 6) is 0.579. The molecule has 2 amide bonds. The van der Waals surface area contributed by atoms with Crippen molar-refractivity contribution in [2.75, 3.05) is 28.2 Å². The van der Waals surface area contributed by atoms with Gasteiger partial charge in [-0.15, -0.1) is 0 Å². The minimum absolute atomic E-state index is 0.301. The lowest BCUT2D eigenvalue weighted by Crippen LogP contribution is -2.19. The Morgan fingerprint density at radius 1 is 1.13 bits per heavy atom. The van der Waals surface area contributed by atoms with E-state index in [0.717, 1.165) is 11.3 Å². The quantitative estimate of drug-likeness (QED) is 0.524. The Balaban J connectivity index is 1.53. The third-order valence-corrected chi connectivity index (χ3v) is 4.62. The molecule has 0 unspecified atom stereocenters. The second kappa shape index (κ2) is 8.16. The SMILES string of the molecule is Cc1cc(NC(=O)Nc2cccc(C3=Nc4c(N)ncnc4NCC3)c2)ccc1F. The van der Waals surface area contributed by atoms with Crippen molar-refractivity contribution >= 4 is 40.4 Å². The Labute approximate surface area is 172 Å². The number of nitrogens with two attached hydrogens (primary N) is 1. The van der Waals surface area contributed by atoms with Gasteiger partial charge in [0.25, 0.3) is 0 Å². The van der Waals surface area contributed by atoms with E-state index in [0.29, 0.717) is 47.2 Å². The first-order valence-electron chi connectivity index (χ1n) is 9.36. The van der Waals surface area contributed by atoms with Gasteiger partial charge in [0, 0.05) is 24.3 Å². The Kier molecular flexibility index (Phi) is 5.25. The van der Waals surface area contributed by atoms with Gasteiger partial charge in [-0.3, -0.25) is 0 Å². The molecule has 0 radical (unpaired) electrons. The van der Waals surface area contributed by atoms with E-state index in [1.54, 1.807) is 19.1 Å². The molecule has 0 bridgehead atoms. The summed E-state index contributed by atoms with van der Waals surface area (Å²) in [6, 6.07) is 11.3. The van der Waals surface area contributed by atoms with Gasteiger partial charge in [0.05, 0.1) is 5.71 Å². The van der Waals surface area contributed by atoms with Gasteiger partial charge in [0.15, 0.2) is 11.6 Å². The number of benzene rings is 2. The zero-order valence-corrected chi connectivity index (χ0v) is 16.2. The Morgan fingerprint density at radius 2 is 1.93 bits per heavy atom. The topological polar surface area (TPSA) is 117 Å². The summed E-state index contributed by atoms with van der Waals surface area (Å²) in [6.45, 7) is 2.28. The van der Waals surface area contributed by atoms with E-state index in [2.05, 4.69) is 30.9 Å². The highest BCUT2D eigenvalue weighted by atomic mass is 19.1. The molecule has 2 heterocycles. The maximum atomic E-state index is 13.4. The van der Waals surface area contributed by atoms with Crippen molar-refractivity contribution < 1.29 is 9.18 Å². The highest BCUT2D eigenvalue weighted by Crippen LogP contribution is 2.31. The number of hydrogen-bond acceptors (Lipinski definition) is 6. The highest BCUT2D eigenvalue weighted by molar-refractivity contribution is 6.06. The number of halogens is 1. The zero-order valence-electron chi connectivity index (χ0n) is 16.2. The monoisotopic (exact) mass is 405 g/mol. The van der Waals surface area contributed by atoms with Crippen LogP contribution in [0.2, 0.25) is 0 Å². The van der Waals surface area contributed by atoms with Crippen molar-refractivity contribution in [3.8, 4) is 0 Å². The molecule has 1 aliphatic rings. The van der Waals surface area contributed by atoms with Gasteiger partial charge in [0.2, 0.25) is 0 Å². The van der Waals surface area contributed by atoms with Crippen LogP contribution < -0.4 is 21.7 Å². The van der Waals surface area contributed by atoms with Crippen molar-refractivity contribution in [1.29, 1.82) is 0 Å². The van der Waals surface area contributed by atoms with E-state index < -0.39 is 6.03 Å². The van der Waals surface area contributed by atoms with Crippen molar-refractivity contribution in [2.24, 2.45) is 4.99 Å². The molecule has 9 heteroatoms. The number of amides is 2. The van der Waals surface area contributed by atoms with Gasteiger partial charge < -0.3 is 21.7 Å². The lowest BCUT2D eigenvalue weighted by molar-refractivity contribution is 0.262. The average molecular weight is 405 g/mol. The van der Waals surface area contributed by atoms with Crippen LogP contribution in [0.25, 0.3) is 0 Å². The Hall–Kier alpha value is -4.01. The van der Waals surface area contributed by atoms with Crippen LogP contribution in [0.5, 0.6) is 0 Å². The summed E-state index contributed by atoms with van der Waals surface area (Å²) in [5.41, 5.74) is 9.68. The third kappa shape index (κ3) is 4.19. The lowest BCUT2D eigenvalue weighted by atomic mass is 10.1. The molecule has 1 aromatic heterocycles. The number of rotatable bonds is 3. The normalized spacial score (nSPS) is 12.8. The third-order valence-electron chi connectivity index (χ3n) is 4.62. The number of anilines is 4. The summed E-state index contributed by atoms with van der Waals surface area (Å²) in [4.78, 5) is 25.2. The van der Waals surface area contributed by atoms with Crippen LogP contribution >= 0.6 is 0 Å².